The Labute approximate surface area is 124 Å². The van der Waals surface area contributed by atoms with Gasteiger partial charge in [-0.2, -0.15) is 0 Å². The molecule has 0 radical (unpaired) electrons. The summed E-state index contributed by atoms with van der Waals surface area (Å²) in [4.78, 5) is 10.1. The van der Waals surface area contributed by atoms with Crippen molar-refractivity contribution >= 4 is 5.90 Å². The first kappa shape index (κ1) is 13.8. The van der Waals surface area contributed by atoms with Crippen LogP contribution in [0.3, 0.4) is 0 Å². The second-order valence-corrected chi connectivity index (χ2v) is 5.62. The van der Waals surface area contributed by atoms with Crippen LogP contribution in [-0.4, -0.2) is 16.5 Å². The van der Waals surface area contributed by atoms with Crippen LogP contribution in [0.25, 0.3) is 0 Å². The van der Waals surface area contributed by atoms with Crippen LogP contribution in [0.4, 0.5) is 0 Å². The molecule has 2 aromatic carbocycles. The smallest absolute Gasteiger partial charge is 0.241 e. The molecule has 4 nitrogen and oxygen atoms in total. The molecule has 1 aliphatic heterocycles. The summed E-state index contributed by atoms with van der Waals surface area (Å²) in [5.74, 6) is 0.473. The van der Waals surface area contributed by atoms with E-state index in [0.29, 0.717) is 11.5 Å². The van der Waals surface area contributed by atoms with Gasteiger partial charge in [0.15, 0.2) is 5.72 Å². The molecule has 0 aromatic heterocycles. The molecule has 4 heteroatoms. The molecule has 0 amide bonds. The number of hydrogen-bond acceptors (Lipinski definition) is 4. The van der Waals surface area contributed by atoms with Gasteiger partial charge in [-0.05, 0) is 26.0 Å². The van der Waals surface area contributed by atoms with Crippen LogP contribution < -0.4 is 5.48 Å². The lowest BCUT2D eigenvalue weighted by atomic mass is 9.85. The molecule has 1 atom stereocenters. The molecular formula is C17H18N2O2. The van der Waals surface area contributed by atoms with Crippen molar-refractivity contribution in [3.63, 3.8) is 0 Å². The number of nitrogens with zero attached hydrogens (tertiary/aromatic N) is 1. The molecule has 108 valence electrons. The maximum atomic E-state index is 11.0. The molecule has 0 saturated heterocycles. The number of rotatable bonds is 2. The number of aliphatic imine (C=N–C) groups is 1. The zero-order chi connectivity index (χ0) is 14.9. The van der Waals surface area contributed by atoms with E-state index in [1.54, 1.807) is 0 Å². The van der Waals surface area contributed by atoms with Gasteiger partial charge in [0.2, 0.25) is 5.90 Å². The molecule has 1 heterocycles. The van der Waals surface area contributed by atoms with Gasteiger partial charge < -0.3 is 9.94 Å². The van der Waals surface area contributed by atoms with Crippen molar-refractivity contribution in [2.75, 3.05) is 0 Å². The monoisotopic (exact) mass is 282 g/mol. The van der Waals surface area contributed by atoms with E-state index in [1.165, 1.54) is 0 Å². The summed E-state index contributed by atoms with van der Waals surface area (Å²) in [6.07, 6.45) is 0. The van der Waals surface area contributed by atoms with Gasteiger partial charge in [0.1, 0.15) is 5.54 Å². The summed E-state index contributed by atoms with van der Waals surface area (Å²) in [7, 11) is 0. The van der Waals surface area contributed by atoms with E-state index < -0.39 is 11.3 Å². The molecule has 0 bridgehead atoms. The minimum Gasteiger partial charge on any atom is -0.385 e. The predicted molar refractivity (Wildman–Crippen MR) is 81.6 cm³/mol. The second-order valence-electron chi connectivity index (χ2n) is 5.62. The van der Waals surface area contributed by atoms with E-state index in [0.717, 1.165) is 5.56 Å². The zero-order valence-corrected chi connectivity index (χ0v) is 12.1. The third-order valence-electron chi connectivity index (χ3n) is 3.77. The van der Waals surface area contributed by atoms with E-state index in [9.17, 15) is 5.11 Å². The molecule has 0 spiro atoms. The van der Waals surface area contributed by atoms with Crippen molar-refractivity contribution < 1.29 is 9.94 Å². The Morgan fingerprint density at radius 1 is 0.952 bits per heavy atom. The molecule has 21 heavy (non-hydrogen) atoms. The molecule has 1 aliphatic rings. The van der Waals surface area contributed by atoms with E-state index in [-0.39, 0.29) is 0 Å². The van der Waals surface area contributed by atoms with E-state index in [1.807, 2.05) is 74.5 Å². The SMILES string of the molecule is CC1(C)N=C(c2ccccc2)ONC1(O)c1ccccc1. The fraction of sp³-hybridized carbons (Fsp3) is 0.235. The molecule has 3 rings (SSSR count). The molecule has 0 aliphatic carbocycles. The number of aliphatic hydroxyl groups is 1. The van der Waals surface area contributed by atoms with Gasteiger partial charge >= 0.3 is 0 Å². The lowest BCUT2D eigenvalue weighted by Gasteiger charge is -2.43. The van der Waals surface area contributed by atoms with Crippen LogP contribution in [0.5, 0.6) is 0 Å². The molecular weight excluding hydrogens is 264 g/mol. The van der Waals surface area contributed by atoms with Gasteiger partial charge in [0, 0.05) is 11.1 Å². The number of hydroxylamine groups is 1. The van der Waals surface area contributed by atoms with Crippen molar-refractivity contribution in [3.8, 4) is 0 Å². The summed E-state index contributed by atoms with van der Waals surface area (Å²) >= 11 is 0. The zero-order valence-electron chi connectivity index (χ0n) is 12.1. The van der Waals surface area contributed by atoms with Crippen molar-refractivity contribution in [1.82, 2.24) is 5.48 Å². The average Bonchev–Trinajstić information content (AvgIpc) is 2.52. The maximum absolute atomic E-state index is 11.0. The van der Waals surface area contributed by atoms with E-state index >= 15 is 0 Å². The molecule has 2 N–H and O–H groups in total. The fourth-order valence-corrected chi connectivity index (χ4v) is 2.40. The van der Waals surface area contributed by atoms with E-state index in [4.69, 9.17) is 4.84 Å². The molecule has 2 aromatic rings. The Bertz CT molecular complexity index is 653. The van der Waals surface area contributed by atoms with Gasteiger partial charge in [-0.3, -0.25) is 0 Å². The van der Waals surface area contributed by atoms with Gasteiger partial charge in [-0.15, -0.1) is 5.48 Å². The first-order valence-electron chi connectivity index (χ1n) is 6.90. The molecule has 0 fully saturated rings. The van der Waals surface area contributed by atoms with Gasteiger partial charge in [0.05, 0.1) is 0 Å². The average molecular weight is 282 g/mol. The Morgan fingerprint density at radius 2 is 1.52 bits per heavy atom. The van der Waals surface area contributed by atoms with Gasteiger partial charge in [0.25, 0.3) is 0 Å². The maximum Gasteiger partial charge on any atom is 0.241 e. The van der Waals surface area contributed by atoms with E-state index in [2.05, 4.69) is 10.5 Å². The third-order valence-corrected chi connectivity index (χ3v) is 3.77. The summed E-state index contributed by atoms with van der Waals surface area (Å²) < 4.78 is 0. The van der Waals surface area contributed by atoms with Crippen LogP contribution in [-0.2, 0) is 10.6 Å². The highest BCUT2D eigenvalue weighted by Gasteiger charge is 2.49. The highest BCUT2D eigenvalue weighted by molar-refractivity contribution is 5.94. The standard InChI is InChI=1S/C17H18N2O2/c1-16(2)17(20,14-11-7-4-8-12-14)19-21-15(18-16)13-9-5-3-6-10-13/h3-12,19-20H,1-2H3. The van der Waals surface area contributed by atoms with Crippen molar-refractivity contribution in [2.45, 2.75) is 25.1 Å². The van der Waals surface area contributed by atoms with Crippen LogP contribution in [0.1, 0.15) is 25.0 Å². The summed E-state index contributed by atoms with van der Waals surface area (Å²) in [6.45, 7) is 3.75. The first-order valence-corrected chi connectivity index (χ1v) is 6.90. The topological polar surface area (TPSA) is 53.8 Å². The lowest BCUT2D eigenvalue weighted by Crippen LogP contribution is -2.60. The summed E-state index contributed by atoms with van der Waals surface area (Å²) in [5, 5.41) is 11.0. The quantitative estimate of drug-likeness (QED) is 0.890. The number of benzene rings is 2. The molecule has 0 saturated carbocycles. The van der Waals surface area contributed by atoms with Crippen LogP contribution in [0.2, 0.25) is 0 Å². The third kappa shape index (κ3) is 2.33. The fourth-order valence-electron chi connectivity index (χ4n) is 2.40. The highest BCUT2D eigenvalue weighted by atomic mass is 16.7. The van der Waals surface area contributed by atoms with Crippen molar-refractivity contribution in [2.24, 2.45) is 4.99 Å². The van der Waals surface area contributed by atoms with Crippen LogP contribution in [0, 0.1) is 0 Å². The summed E-state index contributed by atoms with van der Waals surface area (Å²) in [5.41, 5.74) is 2.20. The van der Waals surface area contributed by atoms with Gasteiger partial charge in [-0.1, -0.05) is 48.5 Å². The van der Waals surface area contributed by atoms with Crippen molar-refractivity contribution in [3.05, 3.63) is 71.8 Å². The van der Waals surface area contributed by atoms with Crippen LogP contribution in [0.15, 0.2) is 65.7 Å². The normalized spacial score (nSPS) is 24.0. The van der Waals surface area contributed by atoms with Crippen molar-refractivity contribution in [1.29, 1.82) is 0 Å². The minimum absolute atomic E-state index is 0.473. The minimum atomic E-state index is -1.38. The Morgan fingerprint density at radius 3 is 2.10 bits per heavy atom. The lowest BCUT2D eigenvalue weighted by molar-refractivity contribution is -0.146. The highest BCUT2D eigenvalue weighted by Crippen LogP contribution is 2.36. The van der Waals surface area contributed by atoms with Gasteiger partial charge in [-0.25, -0.2) is 4.99 Å². The molecule has 1 unspecified atom stereocenters. The first-order chi connectivity index (χ1) is 10.0. The Balaban J connectivity index is 2.01. The second kappa shape index (κ2) is 4.98. The Hall–Kier alpha value is -2.17. The number of hydrogen-bond donors (Lipinski definition) is 2. The number of nitrogens with one attached hydrogen (secondary N) is 1. The largest absolute Gasteiger partial charge is 0.385 e. The predicted octanol–water partition coefficient (Wildman–Crippen LogP) is 2.59. The Kier molecular flexibility index (Phi) is 3.27. The summed E-state index contributed by atoms with van der Waals surface area (Å²) in [6, 6.07) is 19.0. The van der Waals surface area contributed by atoms with Crippen LogP contribution >= 0.6 is 0 Å².